The zero-order chi connectivity index (χ0) is 10.4. The molecule has 0 spiro atoms. The van der Waals surface area contributed by atoms with Gasteiger partial charge in [-0.1, -0.05) is 24.6 Å². The summed E-state index contributed by atoms with van der Waals surface area (Å²) < 4.78 is 0. The Morgan fingerprint density at radius 3 is 2.80 bits per heavy atom. The van der Waals surface area contributed by atoms with Crippen molar-refractivity contribution in [2.45, 2.75) is 31.7 Å². The van der Waals surface area contributed by atoms with Crippen molar-refractivity contribution in [2.75, 3.05) is 7.05 Å². The molecule has 1 fully saturated rings. The lowest BCUT2D eigenvalue weighted by molar-refractivity contribution is 0.0814. The number of benzene rings is 1. The molecule has 3 rings (SSSR count). The van der Waals surface area contributed by atoms with Crippen LogP contribution in [0.2, 0.25) is 0 Å². The van der Waals surface area contributed by atoms with Crippen LogP contribution < -0.4 is 0 Å². The zero-order valence-corrected chi connectivity index (χ0v) is 8.99. The molecule has 2 heteroatoms. The zero-order valence-electron chi connectivity index (χ0n) is 8.99. The molecule has 1 aromatic carbocycles. The van der Waals surface area contributed by atoms with Crippen LogP contribution >= 0.6 is 0 Å². The number of fused-ring (bicyclic) bond motifs is 1. The van der Waals surface area contributed by atoms with Crippen molar-refractivity contribution in [1.29, 1.82) is 0 Å². The molecule has 1 saturated carbocycles. The highest BCUT2D eigenvalue weighted by atomic mass is 16.2. The molecule has 1 aliphatic carbocycles. The first kappa shape index (κ1) is 8.96. The van der Waals surface area contributed by atoms with Crippen LogP contribution in [0.25, 0.3) is 0 Å². The molecule has 0 N–H and O–H groups in total. The molecule has 15 heavy (non-hydrogen) atoms. The molecule has 2 aliphatic rings. The molecular formula is C13H15NO. The van der Waals surface area contributed by atoms with Gasteiger partial charge in [0.15, 0.2) is 0 Å². The minimum Gasteiger partial charge on any atom is -0.337 e. The monoisotopic (exact) mass is 201 g/mol. The number of amides is 1. The molecule has 0 radical (unpaired) electrons. The summed E-state index contributed by atoms with van der Waals surface area (Å²) >= 11 is 0. The number of rotatable bonds is 1. The minimum atomic E-state index is 0.215. The van der Waals surface area contributed by atoms with Gasteiger partial charge in [-0.2, -0.15) is 0 Å². The van der Waals surface area contributed by atoms with Crippen LogP contribution in [0.15, 0.2) is 18.2 Å². The average Bonchev–Trinajstić information content (AvgIpc) is 2.41. The van der Waals surface area contributed by atoms with Gasteiger partial charge in [0.2, 0.25) is 0 Å². The van der Waals surface area contributed by atoms with Gasteiger partial charge in [-0.3, -0.25) is 4.79 Å². The normalized spacial score (nSPS) is 20.3. The molecule has 78 valence electrons. The van der Waals surface area contributed by atoms with Gasteiger partial charge in [0.1, 0.15) is 0 Å². The molecule has 0 saturated heterocycles. The molecule has 0 aromatic heterocycles. The molecule has 0 unspecified atom stereocenters. The quantitative estimate of drug-likeness (QED) is 0.683. The number of hydrogen-bond donors (Lipinski definition) is 0. The molecule has 1 aliphatic heterocycles. The fraction of sp³-hybridized carbons (Fsp3) is 0.462. The SMILES string of the molecule is CN1Cc2cccc(C3CCC3)c2C1=O. The molecule has 1 aromatic rings. The maximum atomic E-state index is 12.0. The smallest absolute Gasteiger partial charge is 0.254 e. The third-order valence-electron chi connectivity index (χ3n) is 3.70. The second-order valence-corrected chi connectivity index (χ2v) is 4.67. The fourth-order valence-corrected chi connectivity index (χ4v) is 2.59. The van der Waals surface area contributed by atoms with Crippen LogP contribution in [-0.4, -0.2) is 17.9 Å². The van der Waals surface area contributed by atoms with E-state index >= 15 is 0 Å². The topological polar surface area (TPSA) is 20.3 Å². The van der Waals surface area contributed by atoms with E-state index < -0.39 is 0 Å². The van der Waals surface area contributed by atoms with Crippen LogP contribution in [0.5, 0.6) is 0 Å². The number of carbonyl (C=O) groups excluding carboxylic acids is 1. The average molecular weight is 201 g/mol. The van der Waals surface area contributed by atoms with E-state index in [0.717, 1.165) is 12.1 Å². The summed E-state index contributed by atoms with van der Waals surface area (Å²) in [7, 11) is 1.88. The van der Waals surface area contributed by atoms with Crippen molar-refractivity contribution in [3.63, 3.8) is 0 Å². The van der Waals surface area contributed by atoms with E-state index in [9.17, 15) is 4.79 Å². The molecular weight excluding hydrogens is 186 g/mol. The number of nitrogens with zero attached hydrogens (tertiary/aromatic N) is 1. The Labute approximate surface area is 89.9 Å². The lowest BCUT2D eigenvalue weighted by Crippen LogP contribution is -2.20. The molecule has 1 amide bonds. The van der Waals surface area contributed by atoms with Crippen molar-refractivity contribution >= 4 is 5.91 Å². The molecule has 0 bridgehead atoms. The third kappa shape index (κ3) is 1.21. The van der Waals surface area contributed by atoms with E-state index in [4.69, 9.17) is 0 Å². The van der Waals surface area contributed by atoms with Gasteiger partial charge in [-0.25, -0.2) is 0 Å². The summed E-state index contributed by atoms with van der Waals surface area (Å²) in [5.41, 5.74) is 3.52. The predicted octanol–water partition coefficient (Wildman–Crippen LogP) is 2.54. The first-order chi connectivity index (χ1) is 7.27. The van der Waals surface area contributed by atoms with Gasteiger partial charge in [0, 0.05) is 19.2 Å². The lowest BCUT2D eigenvalue weighted by atomic mass is 9.77. The Morgan fingerprint density at radius 2 is 2.13 bits per heavy atom. The highest BCUT2D eigenvalue weighted by Crippen LogP contribution is 2.40. The van der Waals surface area contributed by atoms with E-state index in [-0.39, 0.29) is 5.91 Å². The van der Waals surface area contributed by atoms with Crippen molar-refractivity contribution in [2.24, 2.45) is 0 Å². The summed E-state index contributed by atoms with van der Waals surface area (Å²) in [6, 6.07) is 6.32. The third-order valence-corrected chi connectivity index (χ3v) is 3.70. The van der Waals surface area contributed by atoms with Gasteiger partial charge in [0.05, 0.1) is 0 Å². The van der Waals surface area contributed by atoms with Crippen molar-refractivity contribution in [3.8, 4) is 0 Å². The van der Waals surface area contributed by atoms with Crippen molar-refractivity contribution < 1.29 is 4.79 Å². The predicted molar refractivity (Wildman–Crippen MR) is 58.8 cm³/mol. The van der Waals surface area contributed by atoms with E-state index in [0.29, 0.717) is 5.92 Å². The summed E-state index contributed by atoms with van der Waals surface area (Å²) in [6.07, 6.45) is 3.83. The van der Waals surface area contributed by atoms with E-state index in [1.54, 1.807) is 0 Å². The Morgan fingerprint density at radius 1 is 1.33 bits per heavy atom. The highest BCUT2D eigenvalue weighted by molar-refractivity contribution is 5.99. The van der Waals surface area contributed by atoms with Gasteiger partial charge < -0.3 is 4.90 Å². The first-order valence-corrected chi connectivity index (χ1v) is 5.64. The van der Waals surface area contributed by atoms with E-state index in [1.165, 1.54) is 30.4 Å². The molecule has 0 atom stereocenters. The lowest BCUT2D eigenvalue weighted by Gasteiger charge is -2.27. The summed E-state index contributed by atoms with van der Waals surface area (Å²) in [5.74, 6) is 0.864. The van der Waals surface area contributed by atoms with Gasteiger partial charge >= 0.3 is 0 Å². The summed E-state index contributed by atoms with van der Waals surface area (Å²) in [4.78, 5) is 13.8. The minimum absolute atomic E-state index is 0.215. The standard InChI is InChI=1S/C13H15NO/c1-14-8-10-6-3-7-11(9-4-2-5-9)12(10)13(14)15/h3,6-7,9H,2,4-5,8H2,1H3. The molecule has 1 heterocycles. The summed E-state index contributed by atoms with van der Waals surface area (Å²) in [5, 5.41) is 0. The number of carbonyl (C=O) groups is 1. The second-order valence-electron chi connectivity index (χ2n) is 4.67. The number of hydrogen-bond acceptors (Lipinski definition) is 1. The maximum absolute atomic E-state index is 12.0. The van der Waals surface area contributed by atoms with Gasteiger partial charge in [-0.05, 0) is 29.9 Å². The van der Waals surface area contributed by atoms with Crippen LogP contribution in [0.1, 0.15) is 46.7 Å². The Bertz CT molecular complexity index is 421. The van der Waals surface area contributed by atoms with Crippen molar-refractivity contribution in [1.82, 2.24) is 4.90 Å². The van der Waals surface area contributed by atoms with Crippen LogP contribution in [0, 0.1) is 0 Å². The first-order valence-electron chi connectivity index (χ1n) is 5.64. The van der Waals surface area contributed by atoms with Gasteiger partial charge in [0.25, 0.3) is 5.91 Å². The second kappa shape index (κ2) is 3.09. The fourth-order valence-electron chi connectivity index (χ4n) is 2.59. The van der Waals surface area contributed by atoms with Crippen LogP contribution in [0.3, 0.4) is 0 Å². The Balaban J connectivity index is 2.10. The van der Waals surface area contributed by atoms with E-state index in [1.807, 2.05) is 11.9 Å². The van der Waals surface area contributed by atoms with Gasteiger partial charge in [-0.15, -0.1) is 0 Å². The summed E-state index contributed by atoms with van der Waals surface area (Å²) in [6.45, 7) is 0.786. The van der Waals surface area contributed by atoms with E-state index in [2.05, 4.69) is 18.2 Å². The Hall–Kier alpha value is -1.31. The maximum Gasteiger partial charge on any atom is 0.254 e. The van der Waals surface area contributed by atoms with Crippen LogP contribution in [-0.2, 0) is 6.54 Å². The molecule has 2 nitrogen and oxygen atoms in total. The Kier molecular flexibility index (Phi) is 1.84. The van der Waals surface area contributed by atoms with Crippen molar-refractivity contribution in [3.05, 3.63) is 34.9 Å². The van der Waals surface area contributed by atoms with Crippen LogP contribution in [0.4, 0.5) is 0 Å². The largest absolute Gasteiger partial charge is 0.337 e. The highest BCUT2D eigenvalue weighted by Gasteiger charge is 2.31.